The number of rotatable bonds is 8. The number of nitrogens with two attached hydrogens (primary N) is 1. The van der Waals surface area contributed by atoms with Gasteiger partial charge in [0.1, 0.15) is 5.82 Å². The van der Waals surface area contributed by atoms with E-state index in [1.165, 1.54) is 16.7 Å². The van der Waals surface area contributed by atoms with E-state index in [1.807, 2.05) is 18.5 Å². The molecule has 176 valence electrons. The van der Waals surface area contributed by atoms with Crippen LogP contribution in [0.25, 0.3) is 10.9 Å². The zero-order valence-corrected chi connectivity index (χ0v) is 19.8. The first-order valence-electron chi connectivity index (χ1n) is 11.8. The molecular formula is C29H29N5O. The van der Waals surface area contributed by atoms with Gasteiger partial charge in [-0.05, 0) is 52.9 Å². The summed E-state index contributed by atoms with van der Waals surface area (Å²) in [5.41, 5.74) is 12.8. The van der Waals surface area contributed by atoms with Crippen molar-refractivity contribution in [2.45, 2.75) is 33.1 Å². The van der Waals surface area contributed by atoms with Crippen LogP contribution in [0, 0.1) is 6.92 Å². The fourth-order valence-corrected chi connectivity index (χ4v) is 4.40. The van der Waals surface area contributed by atoms with Gasteiger partial charge in [0.2, 0.25) is 0 Å². The number of pyridine rings is 2. The zero-order valence-electron chi connectivity index (χ0n) is 19.8. The lowest BCUT2D eigenvalue weighted by atomic mass is 10.1. The summed E-state index contributed by atoms with van der Waals surface area (Å²) < 4.78 is 3.95. The molecule has 0 saturated carbocycles. The fourth-order valence-electron chi connectivity index (χ4n) is 4.40. The molecule has 0 spiro atoms. The van der Waals surface area contributed by atoms with Crippen LogP contribution in [-0.2, 0) is 26.2 Å². The molecule has 2 aromatic carbocycles. The highest BCUT2D eigenvalue weighted by molar-refractivity contribution is 5.90. The van der Waals surface area contributed by atoms with E-state index in [0.29, 0.717) is 19.6 Å². The summed E-state index contributed by atoms with van der Waals surface area (Å²) in [4.78, 5) is 16.6. The number of hydrogen-bond donors (Lipinski definition) is 2. The van der Waals surface area contributed by atoms with Crippen molar-refractivity contribution in [3.63, 3.8) is 0 Å². The molecule has 0 atom stereocenters. The smallest absolute Gasteiger partial charge is 0.250 e. The third-order valence-corrected chi connectivity index (χ3v) is 6.41. The van der Waals surface area contributed by atoms with E-state index in [4.69, 9.17) is 5.73 Å². The molecule has 35 heavy (non-hydrogen) atoms. The van der Waals surface area contributed by atoms with Crippen LogP contribution in [0.1, 0.15) is 27.8 Å². The molecule has 0 aliphatic carbocycles. The molecule has 5 aromatic rings. The molecule has 0 aliphatic heterocycles. The molecule has 0 unspecified atom stereocenters. The van der Waals surface area contributed by atoms with E-state index < -0.39 is 0 Å². The Kier molecular flexibility index (Phi) is 6.46. The maximum Gasteiger partial charge on any atom is 0.250 e. The predicted octanol–water partition coefficient (Wildman–Crippen LogP) is 4.67. The first kappa shape index (κ1) is 22.6. The number of nitrogens with one attached hydrogen (secondary N) is 1. The number of fused-ring (bicyclic) bond motifs is 1. The van der Waals surface area contributed by atoms with E-state index >= 15 is 0 Å². The van der Waals surface area contributed by atoms with E-state index in [2.05, 4.69) is 82.6 Å². The molecule has 0 bridgehead atoms. The fraction of sp³-hybridized carbons (Fsp3) is 0.172. The van der Waals surface area contributed by atoms with E-state index in [-0.39, 0.29) is 5.56 Å². The Hall–Kier alpha value is -4.16. The summed E-state index contributed by atoms with van der Waals surface area (Å²) in [6.07, 6.45) is 5.78. The molecule has 0 saturated heterocycles. The number of benzene rings is 2. The standard InChI is InChI=1S/C29H29N5O/c1-21-16-24(17-30)9-10-25(21)18-32-29-26-12-15-33(27(26)11-13-31-29)19-22-5-7-23(8-6-22)20-34-14-3-2-4-28(34)35/h2-16H,17-20,30H2,1H3,(H,31,32). The second-order valence-electron chi connectivity index (χ2n) is 8.84. The average Bonchev–Trinajstić information content (AvgIpc) is 3.29. The summed E-state index contributed by atoms with van der Waals surface area (Å²) >= 11 is 0. The van der Waals surface area contributed by atoms with Crippen molar-refractivity contribution in [2.24, 2.45) is 5.73 Å². The summed E-state index contributed by atoms with van der Waals surface area (Å²) in [5, 5.41) is 4.61. The molecule has 0 aliphatic rings. The van der Waals surface area contributed by atoms with E-state index in [1.54, 1.807) is 16.7 Å². The van der Waals surface area contributed by atoms with Crippen LogP contribution in [0.5, 0.6) is 0 Å². The lowest BCUT2D eigenvalue weighted by molar-refractivity contribution is 0.758. The van der Waals surface area contributed by atoms with Gasteiger partial charge in [-0.3, -0.25) is 4.79 Å². The zero-order chi connectivity index (χ0) is 24.2. The highest BCUT2D eigenvalue weighted by Gasteiger charge is 2.09. The monoisotopic (exact) mass is 463 g/mol. The van der Waals surface area contributed by atoms with Gasteiger partial charge in [-0.15, -0.1) is 0 Å². The Labute approximate surface area is 204 Å². The first-order valence-corrected chi connectivity index (χ1v) is 11.8. The molecule has 0 amide bonds. The second-order valence-corrected chi connectivity index (χ2v) is 8.84. The van der Waals surface area contributed by atoms with Crippen LogP contribution in [0.3, 0.4) is 0 Å². The van der Waals surface area contributed by atoms with Gasteiger partial charge in [-0.1, -0.05) is 48.5 Å². The van der Waals surface area contributed by atoms with Crippen molar-refractivity contribution in [1.82, 2.24) is 14.1 Å². The lowest BCUT2D eigenvalue weighted by Gasteiger charge is -2.11. The number of aryl methyl sites for hydroxylation is 1. The molecule has 0 fully saturated rings. The first-order chi connectivity index (χ1) is 17.1. The summed E-state index contributed by atoms with van der Waals surface area (Å²) in [7, 11) is 0. The van der Waals surface area contributed by atoms with Crippen molar-refractivity contribution < 1.29 is 0 Å². The molecule has 5 rings (SSSR count). The van der Waals surface area contributed by atoms with E-state index in [9.17, 15) is 4.79 Å². The van der Waals surface area contributed by atoms with Crippen LogP contribution in [-0.4, -0.2) is 14.1 Å². The van der Waals surface area contributed by atoms with Crippen molar-refractivity contribution in [1.29, 1.82) is 0 Å². The molecule has 6 heteroatoms. The minimum Gasteiger partial charge on any atom is -0.365 e. The third kappa shape index (κ3) is 5.03. The number of aromatic nitrogens is 3. The van der Waals surface area contributed by atoms with E-state index in [0.717, 1.165) is 34.4 Å². The van der Waals surface area contributed by atoms with Crippen LogP contribution in [0.15, 0.2) is 96.2 Å². The van der Waals surface area contributed by atoms with Crippen molar-refractivity contribution >= 4 is 16.7 Å². The van der Waals surface area contributed by atoms with Gasteiger partial charge in [0.25, 0.3) is 5.56 Å². The van der Waals surface area contributed by atoms with Crippen molar-refractivity contribution in [2.75, 3.05) is 5.32 Å². The molecule has 3 aromatic heterocycles. The maximum absolute atomic E-state index is 12.0. The number of hydrogen-bond acceptors (Lipinski definition) is 4. The number of anilines is 1. The minimum absolute atomic E-state index is 0.0103. The molecule has 6 nitrogen and oxygen atoms in total. The second kappa shape index (κ2) is 9.99. The molecular weight excluding hydrogens is 434 g/mol. The summed E-state index contributed by atoms with van der Waals surface area (Å²) in [6, 6.07) is 24.2. The van der Waals surface area contributed by atoms with Crippen LogP contribution < -0.4 is 16.6 Å². The van der Waals surface area contributed by atoms with Crippen LogP contribution >= 0.6 is 0 Å². The van der Waals surface area contributed by atoms with Crippen LogP contribution in [0.2, 0.25) is 0 Å². The Bertz CT molecular complexity index is 1510. The summed E-state index contributed by atoms with van der Waals surface area (Å²) in [5.74, 6) is 0.882. The van der Waals surface area contributed by atoms with Gasteiger partial charge in [0.15, 0.2) is 0 Å². The highest BCUT2D eigenvalue weighted by atomic mass is 16.1. The Morgan fingerprint density at radius 3 is 2.31 bits per heavy atom. The van der Waals surface area contributed by atoms with Gasteiger partial charge in [-0.25, -0.2) is 4.98 Å². The van der Waals surface area contributed by atoms with Gasteiger partial charge in [0, 0.05) is 49.7 Å². The maximum atomic E-state index is 12.0. The van der Waals surface area contributed by atoms with Crippen LogP contribution in [0.4, 0.5) is 5.82 Å². The normalized spacial score (nSPS) is 11.1. The third-order valence-electron chi connectivity index (χ3n) is 6.41. The molecule has 0 radical (unpaired) electrons. The Morgan fingerprint density at radius 1 is 0.857 bits per heavy atom. The lowest BCUT2D eigenvalue weighted by Crippen LogP contribution is -2.18. The topological polar surface area (TPSA) is 77.9 Å². The largest absolute Gasteiger partial charge is 0.365 e. The SMILES string of the molecule is Cc1cc(CN)ccc1CNc1nccc2c1ccn2Cc1ccc(Cn2ccccc2=O)cc1. The highest BCUT2D eigenvalue weighted by Crippen LogP contribution is 2.24. The minimum atomic E-state index is 0.0103. The quantitative estimate of drug-likeness (QED) is 0.350. The Balaban J connectivity index is 1.30. The van der Waals surface area contributed by atoms with Gasteiger partial charge in [0.05, 0.1) is 12.1 Å². The van der Waals surface area contributed by atoms with Gasteiger partial charge in [-0.2, -0.15) is 0 Å². The predicted molar refractivity (Wildman–Crippen MR) is 141 cm³/mol. The number of nitrogens with zero attached hydrogens (tertiary/aromatic N) is 3. The average molecular weight is 464 g/mol. The van der Waals surface area contributed by atoms with Crippen molar-refractivity contribution in [3.05, 3.63) is 130 Å². The Morgan fingerprint density at radius 2 is 1.60 bits per heavy atom. The van der Waals surface area contributed by atoms with Gasteiger partial charge >= 0.3 is 0 Å². The molecule has 3 N–H and O–H groups in total. The summed E-state index contributed by atoms with van der Waals surface area (Å²) in [6.45, 7) is 4.71. The molecule has 3 heterocycles. The van der Waals surface area contributed by atoms with Crippen molar-refractivity contribution in [3.8, 4) is 0 Å². The van der Waals surface area contributed by atoms with Gasteiger partial charge < -0.3 is 20.2 Å².